The van der Waals surface area contributed by atoms with Crippen LogP contribution in [-0.2, 0) is 4.74 Å². The molecule has 0 aliphatic heterocycles. The molecule has 26 heavy (non-hydrogen) atoms. The van der Waals surface area contributed by atoms with Gasteiger partial charge in [0.15, 0.2) is 0 Å². The summed E-state index contributed by atoms with van der Waals surface area (Å²) in [5.41, 5.74) is -4.88. The summed E-state index contributed by atoms with van der Waals surface area (Å²) in [5, 5.41) is 0. The molecule has 0 saturated carbocycles. The van der Waals surface area contributed by atoms with Gasteiger partial charge in [0.05, 0.1) is 0 Å². The van der Waals surface area contributed by atoms with Gasteiger partial charge in [0.25, 0.3) is 0 Å². The minimum Gasteiger partial charge on any atom is -0.243 e. The Morgan fingerprint density at radius 2 is 0.885 bits per heavy atom. The van der Waals surface area contributed by atoms with Gasteiger partial charge in [-0.15, -0.1) is 0 Å². The molecule has 0 fully saturated rings. The summed E-state index contributed by atoms with van der Waals surface area (Å²) < 4.78 is 200. The van der Waals surface area contributed by atoms with E-state index in [4.69, 9.17) is 0 Å². The normalized spacial score (nSPS) is 17.4. The number of hydrogen-bond donors (Lipinski definition) is 0. The Morgan fingerprint density at radius 3 is 1.15 bits per heavy atom. The second kappa shape index (κ2) is 6.34. The van der Waals surface area contributed by atoms with Crippen LogP contribution in [0.2, 0.25) is 0 Å². The Hall–Kier alpha value is -0.870. The molecule has 18 heteroatoms. The molecule has 0 aromatic heterocycles. The van der Waals surface area contributed by atoms with Crippen molar-refractivity contribution in [2.75, 3.05) is 0 Å². The largest absolute Gasteiger partial charge is 0.483 e. The van der Waals surface area contributed by atoms with Gasteiger partial charge < -0.3 is 0 Å². The molecule has 0 aliphatic rings. The first-order valence-electron chi connectivity index (χ1n) is 5.22. The minimum absolute atomic E-state index is 1.18. The first-order chi connectivity index (χ1) is 10.9. The molecule has 0 amide bonds. The molecule has 1 atom stereocenters. The topological polar surface area (TPSA) is 9.23 Å². The van der Waals surface area contributed by atoms with Crippen molar-refractivity contribution in [1.82, 2.24) is 0 Å². The fourth-order valence-corrected chi connectivity index (χ4v) is 1.15. The number of halogens is 17. The van der Waals surface area contributed by atoms with Crippen LogP contribution >= 0.6 is 11.6 Å². The Bertz CT molecular complexity index is 507. The highest BCUT2D eigenvalue weighted by molar-refractivity contribution is 6.20. The van der Waals surface area contributed by atoms with Crippen molar-refractivity contribution >= 4 is 11.6 Å². The van der Waals surface area contributed by atoms with Crippen molar-refractivity contribution < 1.29 is 75.0 Å². The molecule has 0 saturated heterocycles. The van der Waals surface area contributed by atoms with Gasteiger partial charge in [0.1, 0.15) is 0 Å². The Labute approximate surface area is 135 Å². The van der Waals surface area contributed by atoms with E-state index < -0.39 is 47.7 Å². The van der Waals surface area contributed by atoms with Gasteiger partial charge in [-0.05, 0) is 0 Å². The van der Waals surface area contributed by atoms with E-state index >= 15 is 0 Å². The summed E-state index contributed by atoms with van der Waals surface area (Å²) in [6.07, 6.45) is -22.3. The van der Waals surface area contributed by atoms with Crippen molar-refractivity contribution in [3.8, 4) is 0 Å². The van der Waals surface area contributed by atoms with E-state index in [1.807, 2.05) is 0 Å². The quantitative estimate of drug-likeness (QED) is 0.349. The molecule has 1 unspecified atom stereocenters. The Kier molecular flexibility index (Phi) is 6.13. The third-order valence-electron chi connectivity index (χ3n) is 2.43. The fourth-order valence-electron chi connectivity index (χ4n) is 1.01. The molecular weight excluding hydrogens is 452 g/mol. The molecule has 0 spiro atoms. The highest BCUT2D eigenvalue weighted by Gasteiger charge is 2.89. The van der Waals surface area contributed by atoms with Gasteiger partial charge in [-0.2, -0.15) is 65.9 Å². The molecule has 0 N–H and O–H groups in total. The third kappa shape index (κ3) is 3.60. The molecule has 0 bridgehead atoms. The van der Waals surface area contributed by atoms with Crippen LogP contribution in [0.5, 0.6) is 0 Å². The molecular formula is C8HClF16O. The number of rotatable bonds is 7. The summed E-state index contributed by atoms with van der Waals surface area (Å²) in [4.78, 5) is 0. The van der Waals surface area contributed by atoms with Gasteiger partial charge in [-0.3, -0.25) is 0 Å². The summed E-state index contributed by atoms with van der Waals surface area (Å²) in [5.74, 6) is -31.1. The number of alkyl halides is 17. The van der Waals surface area contributed by atoms with E-state index in [0.29, 0.717) is 0 Å². The average Bonchev–Trinajstić information content (AvgIpc) is 2.34. The maximum Gasteiger partial charge on any atom is 0.483 e. The molecule has 0 aromatic rings. The van der Waals surface area contributed by atoms with Crippen molar-refractivity contribution in [2.24, 2.45) is 0 Å². The van der Waals surface area contributed by atoms with Crippen LogP contribution in [0, 0.1) is 0 Å². The Morgan fingerprint density at radius 1 is 0.538 bits per heavy atom. The van der Waals surface area contributed by atoms with Crippen LogP contribution in [0.1, 0.15) is 0 Å². The number of ether oxygens (including phenoxy) is 1. The lowest BCUT2D eigenvalue weighted by atomic mass is 9.98. The Balaban J connectivity index is 6.20. The second-order valence-electron chi connectivity index (χ2n) is 4.28. The van der Waals surface area contributed by atoms with Crippen LogP contribution in [0.15, 0.2) is 0 Å². The highest BCUT2D eigenvalue weighted by Crippen LogP contribution is 2.59. The maximum absolute atomic E-state index is 12.9. The van der Waals surface area contributed by atoms with Crippen LogP contribution in [0.3, 0.4) is 0 Å². The smallest absolute Gasteiger partial charge is 0.243 e. The predicted octanol–water partition coefficient (Wildman–Crippen LogP) is 5.83. The van der Waals surface area contributed by atoms with E-state index in [1.54, 1.807) is 0 Å². The second-order valence-corrected chi connectivity index (χ2v) is 4.66. The summed E-state index contributed by atoms with van der Waals surface area (Å²) >= 11 is 3.73. The van der Waals surface area contributed by atoms with Gasteiger partial charge in [-0.1, -0.05) is 11.6 Å². The highest BCUT2D eigenvalue weighted by atomic mass is 35.5. The summed E-state index contributed by atoms with van der Waals surface area (Å²) in [7, 11) is 0. The average molecular weight is 453 g/mol. The third-order valence-corrected chi connectivity index (χ3v) is 2.71. The van der Waals surface area contributed by atoms with E-state index in [0.717, 1.165) is 0 Å². The number of hydrogen-bond acceptors (Lipinski definition) is 1. The molecule has 0 radical (unpaired) electrons. The van der Waals surface area contributed by atoms with E-state index in [-0.39, 0.29) is 0 Å². The lowest BCUT2D eigenvalue weighted by Gasteiger charge is -2.39. The molecule has 0 rings (SSSR count). The monoisotopic (exact) mass is 452 g/mol. The zero-order valence-electron chi connectivity index (χ0n) is 10.9. The molecule has 0 aliphatic carbocycles. The zero-order chi connectivity index (χ0) is 21.8. The molecule has 158 valence electrons. The van der Waals surface area contributed by atoms with Gasteiger partial charge in [-0.25, -0.2) is 9.13 Å². The van der Waals surface area contributed by atoms with Gasteiger partial charge in [0, 0.05) is 0 Å². The van der Waals surface area contributed by atoms with Crippen LogP contribution < -0.4 is 0 Å². The van der Waals surface area contributed by atoms with Crippen LogP contribution in [-0.4, -0.2) is 47.7 Å². The minimum atomic E-state index is -8.13. The van der Waals surface area contributed by atoms with E-state index in [1.165, 1.54) is 4.74 Å². The van der Waals surface area contributed by atoms with E-state index in [2.05, 4.69) is 11.6 Å². The van der Waals surface area contributed by atoms with Gasteiger partial charge >= 0.3 is 42.1 Å². The fraction of sp³-hybridized carbons (Fsp3) is 1.00. The van der Waals surface area contributed by atoms with E-state index in [9.17, 15) is 70.2 Å². The zero-order valence-corrected chi connectivity index (χ0v) is 11.7. The summed E-state index contributed by atoms with van der Waals surface area (Å²) in [6, 6.07) is 0. The summed E-state index contributed by atoms with van der Waals surface area (Å²) in [6.45, 7) is 0. The van der Waals surface area contributed by atoms with Crippen LogP contribution in [0.4, 0.5) is 70.2 Å². The molecule has 1 nitrogen and oxygen atoms in total. The van der Waals surface area contributed by atoms with Crippen molar-refractivity contribution in [1.29, 1.82) is 0 Å². The predicted molar refractivity (Wildman–Crippen MR) is 47.6 cm³/mol. The van der Waals surface area contributed by atoms with Crippen molar-refractivity contribution in [2.45, 2.75) is 47.7 Å². The first kappa shape index (κ1) is 25.1. The first-order valence-corrected chi connectivity index (χ1v) is 5.65. The molecule has 0 heterocycles. The van der Waals surface area contributed by atoms with Crippen LogP contribution in [0.25, 0.3) is 0 Å². The maximum atomic E-state index is 12.9. The molecule has 0 aromatic carbocycles. The lowest BCUT2D eigenvalue weighted by molar-refractivity contribution is -0.513. The SMILES string of the molecule is FC(Cl)C(F)(F)C(F)(F)C(F)(F)C(F)(F)C(F)(F)OC(F)(F)C(F)(F)F. The van der Waals surface area contributed by atoms with Crippen molar-refractivity contribution in [3.63, 3.8) is 0 Å². The standard InChI is InChI=1S/C8HClF16O/c9-1(10)2(11,12)3(13,14)4(15,16)5(17,18)7(22,23)26-8(24,25)6(19,20)21/h1H. The lowest BCUT2D eigenvalue weighted by Crippen LogP contribution is -2.69. The van der Waals surface area contributed by atoms with Crippen molar-refractivity contribution in [3.05, 3.63) is 0 Å². The van der Waals surface area contributed by atoms with Gasteiger partial charge in [0.2, 0.25) is 5.63 Å².